The van der Waals surface area contributed by atoms with Crippen molar-refractivity contribution in [2.45, 2.75) is 6.92 Å². The van der Waals surface area contributed by atoms with Crippen molar-refractivity contribution < 1.29 is 14.5 Å². The smallest absolute Gasteiger partial charge is 0.293 e. The Morgan fingerprint density at radius 3 is 2.61 bits per heavy atom. The van der Waals surface area contributed by atoms with E-state index in [0.29, 0.717) is 11.3 Å². The van der Waals surface area contributed by atoms with Crippen LogP contribution < -0.4 is 10.1 Å². The summed E-state index contributed by atoms with van der Waals surface area (Å²) >= 11 is 0. The molecular weight excluding hydrogens is 298 g/mol. The van der Waals surface area contributed by atoms with E-state index in [-0.39, 0.29) is 18.0 Å². The fourth-order valence-corrected chi connectivity index (χ4v) is 1.86. The second-order valence-corrected chi connectivity index (χ2v) is 4.75. The van der Waals surface area contributed by atoms with Gasteiger partial charge in [0.15, 0.2) is 6.61 Å². The molecule has 0 unspecified atom stereocenters. The zero-order chi connectivity index (χ0) is 16.8. The molecule has 0 spiro atoms. The number of anilines is 1. The lowest BCUT2D eigenvalue weighted by atomic mass is 10.2. The number of carbonyl (C=O) groups excluding carboxylic acids is 1. The van der Waals surface area contributed by atoms with Gasteiger partial charge >= 0.3 is 0 Å². The van der Waals surface area contributed by atoms with Crippen molar-refractivity contribution in [3.63, 3.8) is 0 Å². The van der Waals surface area contributed by atoms with Crippen LogP contribution in [0, 0.1) is 28.4 Å². The van der Waals surface area contributed by atoms with Crippen LogP contribution in [0.4, 0.5) is 11.4 Å². The lowest BCUT2D eigenvalue weighted by Gasteiger charge is -2.08. The summed E-state index contributed by atoms with van der Waals surface area (Å²) in [6, 6.07) is 12.8. The van der Waals surface area contributed by atoms with E-state index in [1.165, 1.54) is 12.1 Å². The molecule has 0 heterocycles. The summed E-state index contributed by atoms with van der Waals surface area (Å²) in [5.74, 6) is -0.0844. The standard InChI is InChI=1S/C16H13N3O4/c1-11-2-7-14(15(8-11)19(21)22)18-16(20)10-23-13-5-3-12(9-17)4-6-13/h2-8H,10H2,1H3,(H,18,20). The zero-order valence-electron chi connectivity index (χ0n) is 12.3. The molecule has 0 saturated carbocycles. The summed E-state index contributed by atoms with van der Waals surface area (Å²) in [7, 11) is 0. The molecule has 1 amide bonds. The van der Waals surface area contributed by atoms with Gasteiger partial charge < -0.3 is 10.1 Å². The van der Waals surface area contributed by atoms with Crippen molar-refractivity contribution in [3.05, 3.63) is 63.7 Å². The highest BCUT2D eigenvalue weighted by molar-refractivity contribution is 5.94. The molecule has 2 rings (SSSR count). The maximum absolute atomic E-state index is 11.9. The number of nitriles is 1. The number of aryl methyl sites for hydroxylation is 1. The average molecular weight is 311 g/mol. The van der Waals surface area contributed by atoms with Crippen LogP contribution in [0.25, 0.3) is 0 Å². The van der Waals surface area contributed by atoms with Crippen LogP contribution in [0.2, 0.25) is 0 Å². The van der Waals surface area contributed by atoms with E-state index < -0.39 is 10.8 Å². The number of amides is 1. The van der Waals surface area contributed by atoms with E-state index >= 15 is 0 Å². The van der Waals surface area contributed by atoms with Gasteiger partial charge in [-0.25, -0.2) is 0 Å². The Morgan fingerprint density at radius 1 is 1.30 bits per heavy atom. The summed E-state index contributed by atoms with van der Waals surface area (Å²) in [5, 5.41) is 22.1. The quantitative estimate of drug-likeness (QED) is 0.675. The minimum Gasteiger partial charge on any atom is -0.484 e. The number of benzene rings is 2. The van der Waals surface area contributed by atoms with E-state index in [0.717, 1.165) is 5.56 Å². The van der Waals surface area contributed by atoms with Crippen molar-refractivity contribution in [2.24, 2.45) is 0 Å². The highest BCUT2D eigenvalue weighted by Gasteiger charge is 2.16. The van der Waals surface area contributed by atoms with Gasteiger partial charge in [0.05, 0.1) is 16.6 Å². The number of hydrogen-bond acceptors (Lipinski definition) is 5. The Kier molecular flexibility index (Phi) is 4.89. The maximum atomic E-state index is 11.9. The maximum Gasteiger partial charge on any atom is 0.293 e. The number of nitro benzene ring substituents is 1. The topological polar surface area (TPSA) is 105 Å². The first-order valence-electron chi connectivity index (χ1n) is 6.67. The summed E-state index contributed by atoms with van der Waals surface area (Å²) in [4.78, 5) is 22.3. The molecule has 1 N–H and O–H groups in total. The molecule has 2 aromatic carbocycles. The summed E-state index contributed by atoms with van der Waals surface area (Å²) in [5.41, 5.74) is 1.16. The van der Waals surface area contributed by atoms with Crippen LogP contribution in [-0.4, -0.2) is 17.4 Å². The third kappa shape index (κ3) is 4.28. The normalized spacial score (nSPS) is 9.74. The Bertz CT molecular complexity index is 779. The third-order valence-corrected chi connectivity index (χ3v) is 2.98. The minimum absolute atomic E-state index is 0.119. The number of nitro groups is 1. The lowest BCUT2D eigenvalue weighted by Crippen LogP contribution is -2.20. The molecular formula is C16H13N3O4. The average Bonchev–Trinajstić information content (AvgIpc) is 2.55. The Hall–Kier alpha value is -3.40. The van der Waals surface area contributed by atoms with Crippen LogP contribution in [0.15, 0.2) is 42.5 Å². The van der Waals surface area contributed by atoms with Gasteiger partial charge in [-0.1, -0.05) is 6.07 Å². The lowest BCUT2D eigenvalue weighted by molar-refractivity contribution is -0.384. The molecule has 7 heteroatoms. The van der Waals surface area contributed by atoms with Crippen LogP contribution in [0.5, 0.6) is 5.75 Å². The van der Waals surface area contributed by atoms with E-state index in [9.17, 15) is 14.9 Å². The number of ether oxygens (including phenoxy) is 1. The molecule has 23 heavy (non-hydrogen) atoms. The minimum atomic E-state index is -0.552. The van der Waals surface area contributed by atoms with Gasteiger partial charge in [0.25, 0.3) is 11.6 Å². The molecule has 0 aliphatic carbocycles. The van der Waals surface area contributed by atoms with Crippen molar-refractivity contribution in [3.8, 4) is 11.8 Å². The van der Waals surface area contributed by atoms with E-state index in [1.807, 2.05) is 6.07 Å². The molecule has 0 fully saturated rings. The number of nitrogens with one attached hydrogen (secondary N) is 1. The molecule has 0 saturated heterocycles. The van der Waals surface area contributed by atoms with Gasteiger partial charge in [-0.2, -0.15) is 5.26 Å². The molecule has 7 nitrogen and oxygen atoms in total. The van der Waals surface area contributed by atoms with Gasteiger partial charge in [-0.3, -0.25) is 14.9 Å². The first-order chi connectivity index (χ1) is 11.0. The van der Waals surface area contributed by atoms with Crippen LogP contribution >= 0.6 is 0 Å². The third-order valence-electron chi connectivity index (χ3n) is 2.98. The SMILES string of the molecule is Cc1ccc(NC(=O)COc2ccc(C#N)cc2)c([N+](=O)[O-])c1. The number of carbonyl (C=O) groups is 1. The number of hydrogen-bond donors (Lipinski definition) is 1. The Balaban J connectivity index is 1.99. The van der Waals surface area contributed by atoms with Crippen molar-refractivity contribution in [1.29, 1.82) is 5.26 Å². The largest absolute Gasteiger partial charge is 0.484 e. The highest BCUT2D eigenvalue weighted by Crippen LogP contribution is 2.25. The van der Waals surface area contributed by atoms with Crippen molar-refractivity contribution >= 4 is 17.3 Å². The fraction of sp³-hybridized carbons (Fsp3) is 0.125. The van der Waals surface area contributed by atoms with Gasteiger partial charge in [-0.05, 0) is 42.8 Å². The zero-order valence-corrected chi connectivity index (χ0v) is 12.3. The Morgan fingerprint density at radius 2 is 2.00 bits per heavy atom. The highest BCUT2D eigenvalue weighted by atomic mass is 16.6. The van der Waals surface area contributed by atoms with E-state index in [4.69, 9.17) is 10.00 Å². The van der Waals surface area contributed by atoms with Gasteiger partial charge in [0.1, 0.15) is 11.4 Å². The van der Waals surface area contributed by atoms with Crippen LogP contribution in [0.3, 0.4) is 0 Å². The summed E-state index contributed by atoms with van der Waals surface area (Å²) < 4.78 is 5.27. The molecule has 0 aliphatic rings. The first kappa shape index (κ1) is 16.0. The van der Waals surface area contributed by atoms with Gasteiger partial charge in [-0.15, -0.1) is 0 Å². The van der Waals surface area contributed by atoms with E-state index in [1.54, 1.807) is 37.3 Å². The predicted octanol–water partition coefficient (Wildman–Crippen LogP) is 2.79. The van der Waals surface area contributed by atoms with Gasteiger partial charge in [0.2, 0.25) is 0 Å². The molecule has 116 valence electrons. The number of nitrogens with zero attached hydrogens (tertiary/aromatic N) is 2. The molecule has 2 aromatic rings. The molecule has 0 atom stereocenters. The van der Waals surface area contributed by atoms with Gasteiger partial charge in [0, 0.05) is 6.07 Å². The second kappa shape index (κ2) is 7.04. The first-order valence-corrected chi connectivity index (χ1v) is 6.67. The predicted molar refractivity (Wildman–Crippen MR) is 83.1 cm³/mol. The van der Waals surface area contributed by atoms with Crippen molar-refractivity contribution in [1.82, 2.24) is 0 Å². The molecule has 0 bridgehead atoms. The Labute approximate surface area is 132 Å². The van der Waals surface area contributed by atoms with Crippen molar-refractivity contribution in [2.75, 3.05) is 11.9 Å². The van der Waals surface area contributed by atoms with E-state index in [2.05, 4.69) is 5.32 Å². The molecule has 0 aliphatic heterocycles. The molecule has 0 radical (unpaired) electrons. The second-order valence-electron chi connectivity index (χ2n) is 4.75. The molecule has 0 aromatic heterocycles. The van der Waals surface area contributed by atoms with Crippen LogP contribution in [0.1, 0.15) is 11.1 Å². The monoisotopic (exact) mass is 311 g/mol. The van der Waals surface area contributed by atoms with Crippen LogP contribution in [-0.2, 0) is 4.79 Å². The fourth-order valence-electron chi connectivity index (χ4n) is 1.86. The number of rotatable bonds is 5. The summed E-state index contributed by atoms with van der Waals surface area (Å²) in [6.45, 7) is 1.43. The summed E-state index contributed by atoms with van der Waals surface area (Å²) in [6.07, 6.45) is 0.